The molecule has 1 unspecified atom stereocenters. The lowest BCUT2D eigenvalue weighted by atomic mass is 10.1. The molecule has 0 bridgehead atoms. The largest absolute Gasteiger partial charge is 0.494 e. The van der Waals surface area contributed by atoms with Gasteiger partial charge in [-0.15, -0.1) is 0 Å². The molecule has 0 aliphatic carbocycles. The number of hydrogen-bond donors (Lipinski definition) is 1. The number of benzene rings is 1. The van der Waals surface area contributed by atoms with Crippen molar-refractivity contribution < 1.29 is 9.53 Å². The first-order valence-electron chi connectivity index (χ1n) is 9.13. The molecule has 1 aromatic carbocycles. The third kappa shape index (κ3) is 4.34. The number of carbonyl (C=O) groups is 1. The summed E-state index contributed by atoms with van der Waals surface area (Å²) < 4.78 is 7.14. The molecule has 1 atom stereocenters. The molecule has 146 valence electrons. The van der Waals surface area contributed by atoms with Crippen molar-refractivity contribution in [2.45, 2.75) is 33.7 Å². The summed E-state index contributed by atoms with van der Waals surface area (Å²) in [6.45, 7) is 8.30. The van der Waals surface area contributed by atoms with Gasteiger partial charge in [0.25, 0.3) is 5.91 Å². The average Bonchev–Trinajstić information content (AvgIpc) is 3.01. The summed E-state index contributed by atoms with van der Waals surface area (Å²) >= 11 is 6.24. The van der Waals surface area contributed by atoms with Gasteiger partial charge in [0.15, 0.2) is 5.82 Å². The number of pyridine rings is 1. The minimum Gasteiger partial charge on any atom is -0.494 e. The second-order valence-corrected chi connectivity index (χ2v) is 6.94. The molecule has 0 spiro atoms. The Kier molecular flexibility index (Phi) is 5.99. The zero-order valence-electron chi connectivity index (χ0n) is 16.4. The Balaban J connectivity index is 1.80. The predicted molar refractivity (Wildman–Crippen MR) is 109 cm³/mol. The van der Waals surface area contributed by atoms with E-state index in [0.717, 1.165) is 22.7 Å². The third-order valence-corrected chi connectivity index (χ3v) is 4.62. The number of carbonyl (C=O) groups excluding carboxylic acids is 1. The minimum absolute atomic E-state index is 0.171. The predicted octanol–water partition coefficient (Wildman–Crippen LogP) is 4.43. The van der Waals surface area contributed by atoms with Gasteiger partial charge < -0.3 is 10.1 Å². The Hall–Kier alpha value is -2.86. The second kappa shape index (κ2) is 8.44. The van der Waals surface area contributed by atoms with Crippen molar-refractivity contribution in [2.24, 2.45) is 0 Å². The summed E-state index contributed by atoms with van der Waals surface area (Å²) in [4.78, 5) is 17.2. The fraction of sp³-hybridized carbons (Fsp3) is 0.286. The number of nitrogens with zero attached hydrogens (tertiary/aromatic N) is 3. The van der Waals surface area contributed by atoms with Crippen molar-refractivity contribution in [2.75, 3.05) is 6.61 Å². The average molecular weight is 399 g/mol. The quantitative estimate of drug-likeness (QED) is 0.667. The van der Waals surface area contributed by atoms with Crippen LogP contribution in [0.4, 0.5) is 0 Å². The number of amides is 1. The van der Waals surface area contributed by atoms with Crippen LogP contribution in [0.25, 0.3) is 5.82 Å². The number of rotatable bonds is 6. The summed E-state index contributed by atoms with van der Waals surface area (Å²) in [5, 5.41) is 7.65. The molecule has 6 nitrogen and oxygen atoms in total. The highest BCUT2D eigenvalue weighted by atomic mass is 35.5. The van der Waals surface area contributed by atoms with E-state index in [-0.39, 0.29) is 17.6 Å². The van der Waals surface area contributed by atoms with Gasteiger partial charge in [0.2, 0.25) is 0 Å². The van der Waals surface area contributed by atoms with Crippen molar-refractivity contribution in [3.05, 3.63) is 70.1 Å². The first kappa shape index (κ1) is 19.9. The summed E-state index contributed by atoms with van der Waals surface area (Å²) in [5.41, 5.74) is 2.94. The molecule has 3 aromatic rings. The number of aryl methyl sites for hydroxylation is 2. The van der Waals surface area contributed by atoms with Crippen LogP contribution < -0.4 is 10.1 Å². The van der Waals surface area contributed by atoms with Gasteiger partial charge in [-0.1, -0.05) is 23.7 Å². The molecule has 28 heavy (non-hydrogen) atoms. The molecule has 2 heterocycles. The SMILES string of the molecule is CCOc1ccc(C(C)NC(=O)c2nc(-n3nc(C)cc3C)ccc2Cl)cc1. The van der Waals surface area contributed by atoms with E-state index >= 15 is 0 Å². The molecule has 0 radical (unpaired) electrons. The van der Waals surface area contributed by atoms with Crippen LogP contribution in [0.3, 0.4) is 0 Å². The van der Waals surface area contributed by atoms with Gasteiger partial charge in [-0.25, -0.2) is 9.67 Å². The first-order chi connectivity index (χ1) is 13.4. The summed E-state index contributed by atoms with van der Waals surface area (Å²) in [6.07, 6.45) is 0. The standard InChI is InChI=1S/C21H23ClN4O2/c1-5-28-17-8-6-16(7-9-17)15(4)23-21(27)20-18(22)10-11-19(24-20)26-14(3)12-13(2)25-26/h6-12,15H,5H2,1-4H3,(H,23,27). The monoisotopic (exact) mass is 398 g/mol. The highest BCUT2D eigenvalue weighted by Crippen LogP contribution is 2.21. The topological polar surface area (TPSA) is 69.0 Å². The highest BCUT2D eigenvalue weighted by molar-refractivity contribution is 6.33. The molecule has 0 saturated carbocycles. The van der Waals surface area contributed by atoms with Crippen LogP contribution in [-0.4, -0.2) is 27.3 Å². The number of halogens is 1. The highest BCUT2D eigenvalue weighted by Gasteiger charge is 2.18. The lowest BCUT2D eigenvalue weighted by molar-refractivity contribution is 0.0935. The van der Waals surface area contributed by atoms with Gasteiger partial charge in [0.1, 0.15) is 11.4 Å². The maximum Gasteiger partial charge on any atom is 0.271 e. The zero-order valence-corrected chi connectivity index (χ0v) is 17.1. The fourth-order valence-electron chi connectivity index (χ4n) is 2.94. The van der Waals surface area contributed by atoms with Crippen LogP contribution in [0.15, 0.2) is 42.5 Å². The summed E-state index contributed by atoms with van der Waals surface area (Å²) in [6, 6.07) is 12.8. The van der Waals surface area contributed by atoms with Crippen LogP contribution in [0.5, 0.6) is 5.75 Å². The van der Waals surface area contributed by atoms with E-state index in [9.17, 15) is 4.79 Å². The normalized spacial score (nSPS) is 11.9. The molecule has 3 rings (SSSR count). The molecule has 0 aliphatic heterocycles. The van der Waals surface area contributed by atoms with E-state index in [0.29, 0.717) is 17.4 Å². The van der Waals surface area contributed by atoms with Crippen LogP contribution in [0, 0.1) is 13.8 Å². The van der Waals surface area contributed by atoms with Crippen LogP contribution in [-0.2, 0) is 0 Å². The van der Waals surface area contributed by atoms with Crippen LogP contribution >= 0.6 is 11.6 Å². The molecule has 0 saturated heterocycles. The Morgan fingerprint density at radius 3 is 2.54 bits per heavy atom. The van der Waals surface area contributed by atoms with Crippen molar-refractivity contribution in [3.8, 4) is 11.6 Å². The van der Waals surface area contributed by atoms with Gasteiger partial charge in [0, 0.05) is 5.69 Å². The number of nitrogens with one attached hydrogen (secondary N) is 1. The zero-order chi connectivity index (χ0) is 20.3. The van der Waals surface area contributed by atoms with Gasteiger partial charge in [0.05, 0.1) is 23.4 Å². The molecule has 1 N–H and O–H groups in total. The lowest BCUT2D eigenvalue weighted by Crippen LogP contribution is -2.28. The second-order valence-electron chi connectivity index (χ2n) is 6.54. The Labute approximate surface area is 169 Å². The van der Waals surface area contributed by atoms with Gasteiger partial charge in [-0.3, -0.25) is 4.79 Å². The van der Waals surface area contributed by atoms with Gasteiger partial charge in [-0.2, -0.15) is 5.10 Å². The molecular weight excluding hydrogens is 376 g/mol. The molecule has 7 heteroatoms. The first-order valence-corrected chi connectivity index (χ1v) is 9.50. The Bertz CT molecular complexity index is 983. The molecule has 2 aromatic heterocycles. The summed E-state index contributed by atoms with van der Waals surface area (Å²) in [7, 11) is 0. The van der Waals surface area contributed by atoms with Crippen molar-refractivity contribution >= 4 is 17.5 Å². The van der Waals surface area contributed by atoms with E-state index in [1.807, 2.05) is 58.0 Å². The smallest absolute Gasteiger partial charge is 0.271 e. The van der Waals surface area contributed by atoms with Crippen molar-refractivity contribution in [1.82, 2.24) is 20.1 Å². The molecule has 1 amide bonds. The lowest BCUT2D eigenvalue weighted by Gasteiger charge is -2.15. The van der Waals surface area contributed by atoms with E-state index in [4.69, 9.17) is 16.3 Å². The van der Waals surface area contributed by atoms with Crippen molar-refractivity contribution in [1.29, 1.82) is 0 Å². The number of hydrogen-bond acceptors (Lipinski definition) is 4. The van der Waals surface area contributed by atoms with Gasteiger partial charge in [-0.05, 0) is 63.6 Å². The van der Waals surface area contributed by atoms with Gasteiger partial charge >= 0.3 is 0 Å². The minimum atomic E-state index is -0.338. The maximum absolute atomic E-state index is 12.8. The van der Waals surface area contributed by atoms with E-state index in [2.05, 4.69) is 15.4 Å². The maximum atomic E-state index is 12.8. The number of aromatic nitrogens is 3. The van der Waals surface area contributed by atoms with E-state index < -0.39 is 0 Å². The van der Waals surface area contributed by atoms with E-state index in [1.54, 1.807) is 16.8 Å². The third-order valence-electron chi connectivity index (χ3n) is 4.31. The summed E-state index contributed by atoms with van der Waals surface area (Å²) in [5.74, 6) is 1.01. The number of ether oxygens (including phenoxy) is 1. The molecule has 0 fully saturated rings. The van der Waals surface area contributed by atoms with Crippen LogP contribution in [0.1, 0.15) is 47.3 Å². The Morgan fingerprint density at radius 2 is 1.93 bits per heavy atom. The fourth-order valence-corrected chi connectivity index (χ4v) is 3.13. The van der Waals surface area contributed by atoms with Crippen molar-refractivity contribution in [3.63, 3.8) is 0 Å². The van der Waals surface area contributed by atoms with Crippen LogP contribution in [0.2, 0.25) is 5.02 Å². The molecular formula is C21H23ClN4O2. The molecule has 0 aliphatic rings. The van der Waals surface area contributed by atoms with E-state index in [1.165, 1.54) is 0 Å². The Morgan fingerprint density at radius 1 is 1.21 bits per heavy atom.